The molecule has 0 atom stereocenters. The Morgan fingerprint density at radius 2 is 1.81 bits per heavy atom. The van der Waals surface area contributed by atoms with Gasteiger partial charge in [-0.15, -0.1) is 11.3 Å². The minimum Gasteiger partial charge on any atom is -0.268 e. The number of nitrogens with zero attached hydrogens (tertiary/aromatic N) is 2. The lowest BCUT2D eigenvalue weighted by Gasteiger charge is -2.10. The summed E-state index contributed by atoms with van der Waals surface area (Å²) in [6, 6.07) is 24.0. The summed E-state index contributed by atoms with van der Waals surface area (Å²) in [4.78, 5) is 12.8. The number of rotatable bonds is 6. The number of aromatic nitrogens is 2. The van der Waals surface area contributed by atoms with E-state index in [2.05, 4.69) is 25.8 Å². The van der Waals surface area contributed by atoms with Gasteiger partial charge in [0.2, 0.25) is 0 Å². The summed E-state index contributed by atoms with van der Waals surface area (Å²) in [5.74, 6) is -0.711. The molecule has 10 heteroatoms. The number of amides is 1. The number of halogens is 2. The van der Waals surface area contributed by atoms with Gasteiger partial charge >= 0.3 is 0 Å². The second-order valence-electron chi connectivity index (χ2n) is 8.14. The highest BCUT2D eigenvalue weighted by Gasteiger charge is 2.21. The summed E-state index contributed by atoms with van der Waals surface area (Å²) in [7, 11) is -3.98. The van der Waals surface area contributed by atoms with Crippen LogP contribution in [0.2, 0.25) is 5.02 Å². The van der Waals surface area contributed by atoms with Crippen LogP contribution >= 0.6 is 38.9 Å². The summed E-state index contributed by atoms with van der Waals surface area (Å²) in [6.45, 7) is 2.28. The number of hydrogen-bond donors (Lipinski definition) is 1. The number of aryl methyl sites for hydroxylation is 1. The van der Waals surface area contributed by atoms with E-state index in [0.29, 0.717) is 20.9 Å². The first kappa shape index (κ1) is 24.7. The molecule has 0 spiro atoms. The third-order valence-electron chi connectivity index (χ3n) is 5.72. The van der Waals surface area contributed by atoms with Gasteiger partial charge in [0.15, 0.2) is 0 Å². The zero-order valence-corrected chi connectivity index (χ0v) is 22.9. The summed E-state index contributed by atoms with van der Waals surface area (Å²) in [5, 5.41) is 6.12. The highest BCUT2D eigenvalue weighted by molar-refractivity contribution is 9.11. The fraction of sp³-hybridized carbons (Fsp3) is 0.0769. The van der Waals surface area contributed by atoms with Crippen molar-refractivity contribution >= 4 is 65.7 Å². The van der Waals surface area contributed by atoms with Gasteiger partial charge in [-0.1, -0.05) is 60.1 Å². The van der Waals surface area contributed by atoms with Crippen LogP contribution in [0.4, 0.5) is 0 Å². The lowest BCUT2D eigenvalue weighted by Crippen LogP contribution is -2.30. The van der Waals surface area contributed by atoms with Crippen molar-refractivity contribution in [2.24, 2.45) is 0 Å². The third kappa shape index (κ3) is 4.97. The molecule has 2 heterocycles. The van der Waals surface area contributed by atoms with Gasteiger partial charge in [0.1, 0.15) is 4.21 Å². The molecule has 0 bridgehead atoms. The number of sulfonamides is 1. The highest BCUT2D eigenvalue weighted by Crippen LogP contribution is 2.29. The van der Waals surface area contributed by atoms with Crippen LogP contribution in [0.3, 0.4) is 0 Å². The molecule has 0 fully saturated rings. The molecule has 0 unspecified atom stereocenters. The van der Waals surface area contributed by atoms with Gasteiger partial charge in [-0.3, -0.25) is 9.48 Å². The number of nitrogens with one attached hydrogen (secondary N) is 1. The van der Waals surface area contributed by atoms with Gasteiger partial charge in [-0.05, 0) is 69.9 Å². The molecule has 0 aliphatic rings. The molecular formula is C26H19BrClN3O3S2. The van der Waals surface area contributed by atoms with Gasteiger partial charge < -0.3 is 0 Å². The zero-order chi connectivity index (χ0) is 25.4. The Kier molecular flexibility index (Phi) is 6.74. The molecule has 6 nitrogen and oxygen atoms in total. The predicted molar refractivity (Wildman–Crippen MR) is 147 cm³/mol. The molecule has 0 aliphatic heterocycles. The fourth-order valence-electron chi connectivity index (χ4n) is 3.92. The molecule has 0 saturated carbocycles. The smallest absolute Gasteiger partial charge is 0.268 e. The molecule has 36 heavy (non-hydrogen) atoms. The average Bonchev–Trinajstić information content (AvgIpc) is 3.44. The lowest BCUT2D eigenvalue weighted by atomic mass is 10.0. The molecule has 182 valence electrons. The van der Waals surface area contributed by atoms with E-state index in [-0.39, 0.29) is 9.77 Å². The van der Waals surface area contributed by atoms with Crippen molar-refractivity contribution in [2.45, 2.75) is 17.7 Å². The van der Waals surface area contributed by atoms with Crippen LogP contribution in [0, 0.1) is 6.92 Å². The predicted octanol–water partition coefficient (Wildman–Crippen LogP) is 6.66. The van der Waals surface area contributed by atoms with Crippen molar-refractivity contribution in [3.63, 3.8) is 0 Å². The summed E-state index contributed by atoms with van der Waals surface area (Å²) in [6.07, 6.45) is 0. The van der Waals surface area contributed by atoms with E-state index in [0.717, 1.165) is 39.1 Å². The molecule has 1 N–H and O–H groups in total. The Morgan fingerprint density at radius 1 is 1.03 bits per heavy atom. The molecule has 2 aromatic heterocycles. The minimum absolute atomic E-state index is 0.0540. The summed E-state index contributed by atoms with van der Waals surface area (Å²) >= 11 is 10.9. The van der Waals surface area contributed by atoms with Crippen LogP contribution in [0.5, 0.6) is 0 Å². The monoisotopic (exact) mass is 599 g/mol. The first-order valence-corrected chi connectivity index (χ1v) is 14.3. The average molecular weight is 601 g/mol. The van der Waals surface area contributed by atoms with Crippen molar-refractivity contribution in [1.29, 1.82) is 0 Å². The second-order valence-corrected chi connectivity index (χ2v) is 12.9. The molecule has 1 amide bonds. The first-order valence-electron chi connectivity index (χ1n) is 10.8. The van der Waals surface area contributed by atoms with Crippen molar-refractivity contribution in [1.82, 2.24) is 14.5 Å². The SMILES string of the molecule is Cc1nn(Cc2ccc(-c3ccccc3)cc2Cl)c2cc(C(=O)NS(=O)(=O)c3ccc(Br)s3)ccc12. The Hall–Kier alpha value is -2.98. The molecule has 0 saturated heterocycles. The van der Waals surface area contributed by atoms with Crippen molar-refractivity contribution < 1.29 is 13.2 Å². The fourth-order valence-corrected chi connectivity index (χ4v) is 7.15. The van der Waals surface area contributed by atoms with Gasteiger partial charge in [-0.25, -0.2) is 13.1 Å². The topological polar surface area (TPSA) is 81.1 Å². The van der Waals surface area contributed by atoms with E-state index in [1.165, 1.54) is 6.07 Å². The van der Waals surface area contributed by atoms with E-state index < -0.39 is 15.9 Å². The van der Waals surface area contributed by atoms with Gasteiger partial charge in [-0.2, -0.15) is 5.10 Å². The number of carbonyl (C=O) groups is 1. The third-order valence-corrected chi connectivity index (χ3v) is 9.52. The number of carbonyl (C=O) groups excluding carboxylic acids is 1. The Bertz CT molecular complexity index is 1710. The van der Waals surface area contributed by atoms with E-state index >= 15 is 0 Å². The van der Waals surface area contributed by atoms with Crippen LogP contribution < -0.4 is 4.72 Å². The van der Waals surface area contributed by atoms with Crippen LogP contribution in [-0.4, -0.2) is 24.1 Å². The number of hydrogen-bond acceptors (Lipinski definition) is 5. The lowest BCUT2D eigenvalue weighted by molar-refractivity contribution is 0.0981. The van der Waals surface area contributed by atoms with Gasteiger partial charge in [0.05, 0.1) is 21.5 Å². The summed E-state index contributed by atoms with van der Waals surface area (Å²) in [5.41, 5.74) is 4.69. The van der Waals surface area contributed by atoms with Gasteiger partial charge in [0, 0.05) is 16.0 Å². The first-order chi connectivity index (χ1) is 17.2. The quantitative estimate of drug-likeness (QED) is 0.236. The van der Waals surface area contributed by atoms with Gasteiger partial charge in [0.25, 0.3) is 15.9 Å². The van der Waals surface area contributed by atoms with E-state index in [1.807, 2.05) is 55.5 Å². The summed E-state index contributed by atoms with van der Waals surface area (Å²) < 4.78 is 29.8. The maximum absolute atomic E-state index is 12.8. The Morgan fingerprint density at radius 3 is 2.50 bits per heavy atom. The number of fused-ring (bicyclic) bond motifs is 1. The molecule has 0 radical (unpaired) electrons. The number of benzene rings is 3. The van der Waals surface area contributed by atoms with Crippen molar-refractivity contribution in [3.8, 4) is 11.1 Å². The minimum atomic E-state index is -3.98. The molecule has 3 aromatic carbocycles. The van der Waals surface area contributed by atoms with E-state index in [1.54, 1.807) is 28.9 Å². The highest BCUT2D eigenvalue weighted by atomic mass is 79.9. The molecule has 5 rings (SSSR count). The number of thiophene rings is 1. The largest absolute Gasteiger partial charge is 0.273 e. The van der Waals surface area contributed by atoms with Crippen LogP contribution in [0.15, 0.2) is 86.9 Å². The van der Waals surface area contributed by atoms with Crippen molar-refractivity contribution in [3.05, 3.63) is 104 Å². The van der Waals surface area contributed by atoms with Crippen LogP contribution in [-0.2, 0) is 16.6 Å². The standard InChI is InChI=1S/C26H19BrClN3O3S2/c1-16-21-10-9-19(26(32)30-36(33,34)25-12-11-24(27)35-25)14-23(21)31(29-16)15-20-8-7-18(13-22(20)28)17-5-3-2-4-6-17/h2-14H,15H2,1H3,(H,30,32). The van der Waals surface area contributed by atoms with E-state index in [4.69, 9.17) is 11.6 Å². The van der Waals surface area contributed by atoms with Crippen LogP contribution in [0.1, 0.15) is 21.6 Å². The molecule has 5 aromatic rings. The maximum atomic E-state index is 12.8. The zero-order valence-electron chi connectivity index (χ0n) is 18.9. The Balaban J connectivity index is 1.44. The molecular weight excluding hydrogens is 582 g/mol. The second kappa shape index (κ2) is 9.82. The van der Waals surface area contributed by atoms with E-state index in [9.17, 15) is 13.2 Å². The van der Waals surface area contributed by atoms with Crippen molar-refractivity contribution in [2.75, 3.05) is 0 Å². The van der Waals surface area contributed by atoms with Crippen LogP contribution in [0.25, 0.3) is 22.0 Å². The Labute approximate surface area is 225 Å². The normalized spacial score (nSPS) is 11.6. The maximum Gasteiger partial charge on any atom is 0.273 e. The molecule has 0 aliphatic carbocycles.